The summed E-state index contributed by atoms with van der Waals surface area (Å²) in [7, 11) is 0. The maximum Gasteiger partial charge on any atom is 0.164 e. The summed E-state index contributed by atoms with van der Waals surface area (Å²) in [5.74, 6) is 1.97. The monoisotopic (exact) mass is 696 g/mol. The second-order valence-electron chi connectivity index (χ2n) is 14.4. The fourth-order valence-corrected chi connectivity index (χ4v) is 9.63. The van der Waals surface area contributed by atoms with E-state index in [-0.39, 0.29) is 5.41 Å². The van der Waals surface area contributed by atoms with E-state index in [4.69, 9.17) is 15.0 Å². The van der Waals surface area contributed by atoms with E-state index in [9.17, 15) is 0 Å². The molecule has 0 atom stereocenters. The average Bonchev–Trinajstić information content (AvgIpc) is 3.83. The smallest absolute Gasteiger partial charge is 0.164 e. The van der Waals surface area contributed by atoms with E-state index in [0.717, 1.165) is 22.4 Å². The lowest BCUT2D eigenvalue weighted by atomic mass is 9.82. The summed E-state index contributed by atoms with van der Waals surface area (Å²) in [4.78, 5) is 15.2. The molecular formula is C48H32N4S. The van der Waals surface area contributed by atoms with E-state index >= 15 is 0 Å². The zero-order chi connectivity index (χ0) is 35.3. The number of para-hydroxylation sites is 1. The van der Waals surface area contributed by atoms with Crippen LogP contribution in [0.3, 0.4) is 0 Å². The first-order chi connectivity index (χ1) is 26.0. The second kappa shape index (κ2) is 11.3. The lowest BCUT2D eigenvalue weighted by molar-refractivity contribution is 0.661. The standard InChI is InChI=1S/C48H32N4S/c1-48(2)38-17-9-6-16-37(38)43-39(48)27-26-36-33-14-7-10-18-40(33)52(44(36)43)32-23-20-30(21-24-32)46-49-45(29-12-4-3-5-13-29)50-47(51-46)31-22-25-35-34-15-8-11-19-41(34)53-42(35)28-31/h3-28H,1-2H3. The maximum atomic E-state index is 5.12. The quantitative estimate of drug-likeness (QED) is 0.184. The van der Waals surface area contributed by atoms with Crippen LogP contribution in [-0.4, -0.2) is 19.5 Å². The lowest BCUT2D eigenvalue weighted by Crippen LogP contribution is -2.14. The van der Waals surface area contributed by atoms with Gasteiger partial charge in [0, 0.05) is 64.3 Å². The van der Waals surface area contributed by atoms with Gasteiger partial charge in [-0.1, -0.05) is 129 Å². The van der Waals surface area contributed by atoms with Crippen molar-refractivity contribution >= 4 is 53.3 Å². The zero-order valence-electron chi connectivity index (χ0n) is 29.2. The molecule has 53 heavy (non-hydrogen) atoms. The number of hydrogen-bond donors (Lipinski definition) is 0. The number of nitrogens with zero attached hydrogens (tertiary/aromatic N) is 4. The topological polar surface area (TPSA) is 43.6 Å². The first kappa shape index (κ1) is 30.2. The molecule has 0 amide bonds. The van der Waals surface area contributed by atoms with E-state index in [0.29, 0.717) is 17.5 Å². The Bertz CT molecular complexity index is 3080. The highest BCUT2D eigenvalue weighted by Gasteiger charge is 2.37. The zero-order valence-corrected chi connectivity index (χ0v) is 30.0. The van der Waals surface area contributed by atoms with Crippen LogP contribution in [0.1, 0.15) is 25.0 Å². The van der Waals surface area contributed by atoms with Gasteiger partial charge in [0.1, 0.15) is 0 Å². The van der Waals surface area contributed by atoms with Crippen LogP contribution in [0.4, 0.5) is 0 Å². The van der Waals surface area contributed by atoms with Gasteiger partial charge in [0.05, 0.1) is 11.0 Å². The molecule has 3 aromatic heterocycles. The highest BCUT2D eigenvalue weighted by Crippen LogP contribution is 2.52. The largest absolute Gasteiger partial charge is 0.309 e. The van der Waals surface area contributed by atoms with Crippen LogP contribution in [0.15, 0.2) is 158 Å². The minimum Gasteiger partial charge on any atom is -0.309 e. The molecule has 5 heteroatoms. The molecule has 0 fully saturated rings. The summed E-state index contributed by atoms with van der Waals surface area (Å²) in [5.41, 5.74) is 11.7. The Kier molecular flexibility index (Phi) is 6.43. The molecule has 0 aliphatic heterocycles. The highest BCUT2D eigenvalue weighted by molar-refractivity contribution is 7.25. The van der Waals surface area contributed by atoms with Gasteiger partial charge in [0.2, 0.25) is 0 Å². The normalized spacial score (nSPS) is 13.2. The molecule has 0 saturated carbocycles. The Balaban J connectivity index is 1.08. The van der Waals surface area contributed by atoms with Gasteiger partial charge >= 0.3 is 0 Å². The van der Waals surface area contributed by atoms with Gasteiger partial charge in [0.25, 0.3) is 0 Å². The van der Waals surface area contributed by atoms with Crippen molar-refractivity contribution in [1.82, 2.24) is 19.5 Å². The number of hydrogen-bond acceptors (Lipinski definition) is 4. The molecular weight excluding hydrogens is 665 g/mol. The molecule has 250 valence electrons. The number of rotatable bonds is 4. The van der Waals surface area contributed by atoms with Crippen molar-refractivity contribution in [3.05, 3.63) is 169 Å². The van der Waals surface area contributed by atoms with Crippen molar-refractivity contribution in [2.75, 3.05) is 0 Å². The van der Waals surface area contributed by atoms with Crippen LogP contribution in [0.25, 0.3) is 93.0 Å². The van der Waals surface area contributed by atoms with Crippen LogP contribution in [0.2, 0.25) is 0 Å². The molecule has 0 unspecified atom stereocenters. The highest BCUT2D eigenvalue weighted by atomic mass is 32.1. The van der Waals surface area contributed by atoms with Gasteiger partial charge in [-0.2, -0.15) is 0 Å². The number of aromatic nitrogens is 4. The van der Waals surface area contributed by atoms with Gasteiger partial charge in [-0.15, -0.1) is 11.3 Å². The predicted octanol–water partition coefficient (Wildman–Crippen LogP) is 12.6. The van der Waals surface area contributed by atoms with Crippen molar-refractivity contribution in [1.29, 1.82) is 0 Å². The third-order valence-corrected chi connectivity index (χ3v) is 12.2. The molecule has 3 heterocycles. The third kappa shape index (κ3) is 4.51. The molecule has 1 aliphatic carbocycles. The van der Waals surface area contributed by atoms with E-state index in [1.54, 1.807) is 11.3 Å². The van der Waals surface area contributed by atoms with Crippen molar-refractivity contribution in [3.63, 3.8) is 0 Å². The minimum absolute atomic E-state index is 0.0837. The summed E-state index contributed by atoms with van der Waals surface area (Å²) in [5, 5.41) is 5.05. The number of benzene rings is 7. The summed E-state index contributed by atoms with van der Waals surface area (Å²) in [6, 6.07) is 56.4. The van der Waals surface area contributed by atoms with Gasteiger partial charge in [-0.25, -0.2) is 15.0 Å². The Morgan fingerprint density at radius 1 is 0.472 bits per heavy atom. The molecule has 0 spiro atoms. The van der Waals surface area contributed by atoms with Crippen molar-refractivity contribution in [3.8, 4) is 51.0 Å². The van der Waals surface area contributed by atoms with Crippen LogP contribution in [0, 0.1) is 0 Å². The predicted molar refractivity (Wildman–Crippen MR) is 221 cm³/mol. The first-order valence-corrected chi connectivity index (χ1v) is 18.9. The second-order valence-corrected chi connectivity index (χ2v) is 15.5. The summed E-state index contributed by atoms with van der Waals surface area (Å²) in [6.45, 7) is 4.69. The van der Waals surface area contributed by atoms with Crippen LogP contribution >= 0.6 is 11.3 Å². The molecule has 1 aliphatic rings. The molecule has 7 aromatic carbocycles. The van der Waals surface area contributed by atoms with Gasteiger partial charge in [-0.05, 0) is 59.2 Å². The molecule has 11 rings (SSSR count). The van der Waals surface area contributed by atoms with Crippen molar-refractivity contribution < 1.29 is 0 Å². The summed E-state index contributed by atoms with van der Waals surface area (Å²) in [6.07, 6.45) is 0. The van der Waals surface area contributed by atoms with E-state index in [2.05, 4.69) is 158 Å². The lowest BCUT2D eigenvalue weighted by Gasteiger charge is -2.21. The Morgan fingerprint density at radius 2 is 1.08 bits per heavy atom. The van der Waals surface area contributed by atoms with Gasteiger partial charge in [0.15, 0.2) is 17.5 Å². The van der Waals surface area contributed by atoms with Crippen LogP contribution in [0.5, 0.6) is 0 Å². The maximum absolute atomic E-state index is 5.12. The number of thiophene rings is 1. The summed E-state index contributed by atoms with van der Waals surface area (Å²) >= 11 is 1.80. The molecule has 4 nitrogen and oxygen atoms in total. The van der Waals surface area contributed by atoms with Crippen molar-refractivity contribution in [2.45, 2.75) is 19.3 Å². The Morgan fingerprint density at radius 3 is 1.89 bits per heavy atom. The van der Waals surface area contributed by atoms with Crippen LogP contribution < -0.4 is 0 Å². The average molecular weight is 697 g/mol. The van der Waals surface area contributed by atoms with Crippen molar-refractivity contribution in [2.24, 2.45) is 0 Å². The SMILES string of the molecule is CC1(C)c2ccccc2-c2c1ccc1c3ccccc3n(-c3ccc(-c4nc(-c5ccccc5)nc(-c5ccc6c(c5)sc5ccccc56)n4)cc3)c21. The minimum atomic E-state index is -0.0837. The fraction of sp³-hybridized carbons (Fsp3) is 0.0625. The molecule has 0 radical (unpaired) electrons. The fourth-order valence-electron chi connectivity index (χ4n) is 8.49. The van der Waals surface area contributed by atoms with E-state index < -0.39 is 0 Å². The van der Waals surface area contributed by atoms with Gasteiger partial charge in [-0.3, -0.25) is 0 Å². The Labute approximate surface area is 310 Å². The summed E-state index contributed by atoms with van der Waals surface area (Å²) < 4.78 is 4.95. The van der Waals surface area contributed by atoms with Crippen LogP contribution in [-0.2, 0) is 5.41 Å². The third-order valence-electron chi connectivity index (χ3n) is 11.1. The number of fused-ring (bicyclic) bond motifs is 10. The molecule has 0 bridgehead atoms. The van der Waals surface area contributed by atoms with E-state index in [1.165, 1.54) is 64.2 Å². The first-order valence-electron chi connectivity index (χ1n) is 18.0. The Hall–Kier alpha value is -6.43. The molecule has 0 saturated heterocycles. The molecule has 10 aromatic rings. The molecule has 0 N–H and O–H groups in total. The van der Waals surface area contributed by atoms with E-state index in [1.807, 2.05) is 18.2 Å². The van der Waals surface area contributed by atoms with Gasteiger partial charge < -0.3 is 4.57 Å².